The largest absolute Gasteiger partial charge is 0.283 e. The number of anilines is 1. The van der Waals surface area contributed by atoms with E-state index in [-0.39, 0.29) is 11.8 Å². The number of hydrogen-bond acceptors (Lipinski definition) is 5. The minimum Gasteiger partial charge on any atom is -0.283 e. The van der Waals surface area contributed by atoms with Gasteiger partial charge in [0.1, 0.15) is 11.5 Å². The zero-order chi connectivity index (χ0) is 21.2. The lowest BCUT2D eigenvalue weighted by Crippen LogP contribution is -2.51. The summed E-state index contributed by atoms with van der Waals surface area (Å²) in [5.74, 6) is -1.31. The van der Waals surface area contributed by atoms with Crippen LogP contribution in [0.25, 0.3) is 0 Å². The van der Waals surface area contributed by atoms with Crippen LogP contribution >= 0.6 is 0 Å². The van der Waals surface area contributed by atoms with Crippen LogP contribution in [0.4, 0.5) is 11.4 Å². The monoisotopic (exact) mass is 409 g/mol. The van der Waals surface area contributed by atoms with Crippen molar-refractivity contribution in [3.05, 3.63) is 96.1 Å². The second-order valence-electron chi connectivity index (χ2n) is 7.98. The van der Waals surface area contributed by atoms with Crippen molar-refractivity contribution in [3.63, 3.8) is 0 Å². The number of hydroxylamine groups is 1. The lowest BCUT2D eigenvalue weighted by Gasteiger charge is -2.35. The Morgan fingerprint density at radius 2 is 1.48 bits per heavy atom. The molecule has 3 aliphatic rings. The smallest absolute Gasteiger partial charge is 0.261 e. The summed E-state index contributed by atoms with van der Waals surface area (Å²) < 4.78 is 0. The standard InChI is InChI=1S/C25H19N3O3/c1-27-23(29)20-21(24(27)30)31-28-19-15-9-8-14-18(19)22(26-17-12-6-3-7-13-17)25(20,28)16-10-4-2-5-11-16/h2-15,20-21H,1H3/t20-,21+,25-/m1/s1. The van der Waals surface area contributed by atoms with Crippen LogP contribution in [0.5, 0.6) is 0 Å². The molecule has 3 aromatic rings. The molecule has 2 fully saturated rings. The number of amides is 2. The fraction of sp³-hybridized carbons (Fsp3) is 0.160. The van der Waals surface area contributed by atoms with Gasteiger partial charge in [0.05, 0.1) is 17.1 Å². The molecular formula is C25H19N3O3. The van der Waals surface area contributed by atoms with Gasteiger partial charge in [0.25, 0.3) is 5.91 Å². The van der Waals surface area contributed by atoms with E-state index in [1.807, 2.05) is 84.9 Å². The minimum absolute atomic E-state index is 0.255. The SMILES string of the molecule is CN1C(=O)[C@H]2ON3c4ccccc4C(=Nc4ccccc4)[C@@]3(c3ccccc3)[C@H]2C1=O. The van der Waals surface area contributed by atoms with Gasteiger partial charge in [-0.3, -0.25) is 19.3 Å². The molecule has 152 valence electrons. The average Bonchev–Trinajstić information content (AvgIpc) is 3.38. The number of hydrogen-bond donors (Lipinski definition) is 0. The topological polar surface area (TPSA) is 62.2 Å². The van der Waals surface area contributed by atoms with Crippen LogP contribution in [-0.4, -0.2) is 35.6 Å². The molecule has 2 amide bonds. The minimum atomic E-state index is -1.04. The molecule has 0 bridgehead atoms. The summed E-state index contributed by atoms with van der Waals surface area (Å²) >= 11 is 0. The summed E-state index contributed by atoms with van der Waals surface area (Å²) in [7, 11) is 1.52. The summed E-state index contributed by atoms with van der Waals surface area (Å²) in [6.45, 7) is 0. The number of rotatable bonds is 2. The Kier molecular flexibility index (Phi) is 3.70. The van der Waals surface area contributed by atoms with Crippen LogP contribution < -0.4 is 5.06 Å². The number of carbonyl (C=O) groups excluding carboxylic acids is 2. The maximum absolute atomic E-state index is 13.4. The first-order valence-corrected chi connectivity index (χ1v) is 10.2. The zero-order valence-electron chi connectivity index (χ0n) is 16.8. The highest BCUT2D eigenvalue weighted by Gasteiger charge is 2.71. The molecule has 2 saturated heterocycles. The molecule has 31 heavy (non-hydrogen) atoms. The van der Waals surface area contributed by atoms with E-state index in [1.54, 1.807) is 5.06 Å². The van der Waals surface area contributed by atoms with Gasteiger partial charge in [-0.05, 0) is 23.8 Å². The number of likely N-dealkylation sites (N-methyl/N-ethyl adjacent to an activating group) is 1. The Morgan fingerprint density at radius 3 is 2.23 bits per heavy atom. The molecule has 3 aromatic carbocycles. The lowest BCUT2D eigenvalue weighted by molar-refractivity contribution is -0.141. The van der Waals surface area contributed by atoms with Crippen molar-refractivity contribution < 1.29 is 14.4 Å². The van der Waals surface area contributed by atoms with Crippen LogP contribution in [0.3, 0.4) is 0 Å². The van der Waals surface area contributed by atoms with Crippen LogP contribution in [0.1, 0.15) is 11.1 Å². The van der Waals surface area contributed by atoms with Crippen molar-refractivity contribution in [2.75, 3.05) is 12.1 Å². The Labute approximate surface area is 179 Å². The molecule has 0 aromatic heterocycles. The molecule has 3 aliphatic heterocycles. The first kappa shape index (κ1) is 18.0. The van der Waals surface area contributed by atoms with Gasteiger partial charge in [0, 0.05) is 12.6 Å². The zero-order valence-corrected chi connectivity index (χ0v) is 16.8. The van der Waals surface area contributed by atoms with Crippen LogP contribution in [0.2, 0.25) is 0 Å². The normalized spacial score (nSPS) is 27.6. The second kappa shape index (κ2) is 6.36. The van der Waals surface area contributed by atoms with E-state index >= 15 is 0 Å². The third-order valence-corrected chi connectivity index (χ3v) is 6.41. The van der Waals surface area contributed by atoms with Crippen molar-refractivity contribution >= 4 is 28.9 Å². The molecule has 0 spiro atoms. The van der Waals surface area contributed by atoms with Gasteiger partial charge in [-0.25, -0.2) is 10.1 Å². The van der Waals surface area contributed by atoms with E-state index in [2.05, 4.69) is 0 Å². The van der Waals surface area contributed by atoms with Crippen molar-refractivity contribution in [2.24, 2.45) is 10.9 Å². The molecule has 6 rings (SSSR count). The first-order valence-electron chi connectivity index (χ1n) is 10.2. The molecule has 0 N–H and O–H groups in total. The fourth-order valence-corrected chi connectivity index (χ4v) is 5.06. The predicted octanol–water partition coefficient (Wildman–Crippen LogP) is 3.45. The van der Waals surface area contributed by atoms with Crippen molar-refractivity contribution in [2.45, 2.75) is 11.6 Å². The van der Waals surface area contributed by atoms with E-state index in [0.29, 0.717) is 5.71 Å². The van der Waals surface area contributed by atoms with Gasteiger partial charge in [-0.1, -0.05) is 66.7 Å². The summed E-state index contributed by atoms with van der Waals surface area (Å²) in [5.41, 5.74) is 3.01. The fourth-order valence-electron chi connectivity index (χ4n) is 5.06. The predicted molar refractivity (Wildman–Crippen MR) is 116 cm³/mol. The van der Waals surface area contributed by atoms with E-state index < -0.39 is 17.6 Å². The highest BCUT2D eigenvalue weighted by molar-refractivity contribution is 6.23. The summed E-state index contributed by atoms with van der Waals surface area (Å²) in [6.07, 6.45) is -0.882. The maximum atomic E-state index is 13.4. The van der Waals surface area contributed by atoms with Crippen molar-refractivity contribution in [1.29, 1.82) is 0 Å². The van der Waals surface area contributed by atoms with Crippen LogP contribution in [-0.2, 0) is 20.0 Å². The number of imide groups is 1. The van der Waals surface area contributed by atoms with Crippen LogP contribution in [0, 0.1) is 5.92 Å². The van der Waals surface area contributed by atoms with E-state index in [9.17, 15) is 9.59 Å². The molecule has 6 heteroatoms. The van der Waals surface area contributed by atoms with Gasteiger partial charge < -0.3 is 0 Å². The third kappa shape index (κ3) is 2.22. The molecular weight excluding hydrogens is 390 g/mol. The number of fused-ring (bicyclic) bond motifs is 5. The summed E-state index contributed by atoms with van der Waals surface area (Å²) in [4.78, 5) is 38.8. The van der Waals surface area contributed by atoms with Crippen LogP contribution in [0.15, 0.2) is 89.9 Å². The number of likely N-dealkylation sites (tertiary alicyclic amines) is 1. The number of carbonyl (C=O) groups is 2. The quantitative estimate of drug-likeness (QED) is 0.609. The Balaban J connectivity index is 1.70. The van der Waals surface area contributed by atoms with Crippen molar-refractivity contribution in [1.82, 2.24) is 4.90 Å². The van der Waals surface area contributed by atoms with Crippen molar-refractivity contribution in [3.8, 4) is 0 Å². The van der Waals surface area contributed by atoms with E-state index in [1.165, 1.54) is 11.9 Å². The number of nitrogens with zero attached hydrogens (tertiary/aromatic N) is 3. The summed E-state index contributed by atoms with van der Waals surface area (Å²) in [5, 5.41) is 1.75. The van der Waals surface area contributed by atoms with Gasteiger partial charge >= 0.3 is 0 Å². The van der Waals surface area contributed by atoms with Gasteiger partial charge in [-0.15, -0.1) is 0 Å². The van der Waals surface area contributed by atoms with E-state index in [4.69, 9.17) is 9.83 Å². The highest BCUT2D eigenvalue weighted by Crippen LogP contribution is 2.58. The first-order chi connectivity index (χ1) is 15.1. The van der Waals surface area contributed by atoms with Gasteiger partial charge in [0.2, 0.25) is 5.91 Å². The summed E-state index contributed by atoms with van der Waals surface area (Å²) in [6, 6.07) is 27.2. The average molecular weight is 409 g/mol. The molecule has 0 unspecified atom stereocenters. The highest BCUT2D eigenvalue weighted by atomic mass is 16.7. The number of para-hydroxylation sites is 2. The molecule has 0 saturated carbocycles. The molecule has 0 aliphatic carbocycles. The Hall–Kier alpha value is -3.77. The Bertz CT molecular complexity index is 1240. The molecule has 0 radical (unpaired) electrons. The lowest BCUT2D eigenvalue weighted by atomic mass is 9.73. The third-order valence-electron chi connectivity index (χ3n) is 6.41. The maximum Gasteiger partial charge on any atom is 0.261 e. The molecule has 3 atom stereocenters. The second-order valence-corrected chi connectivity index (χ2v) is 7.98. The number of benzene rings is 3. The van der Waals surface area contributed by atoms with E-state index in [0.717, 1.165) is 22.5 Å². The van der Waals surface area contributed by atoms with Gasteiger partial charge in [0.15, 0.2) is 6.10 Å². The van der Waals surface area contributed by atoms with Gasteiger partial charge in [-0.2, -0.15) is 0 Å². The molecule has 3 heterocycles. The Morgan fingerprint density at radius 1 is 0.839 bits per heavy atom. The molecule has 6 nitrogen and oxygen atoms in total. The number of aliphatic imine (C=N–C) groups is 1.